The van der Waals surface area contributed by atoms with Gasteiger partial charge in [0.15, 0.2) is 0 Å². The minimum absolute atomic E-state index is 0.0279. The van der Waals surface area contributed by atoms with Crippen LogP contribution in [0.15, 0.2) is 78.1 Å². The first kappa shape index (κ1) is 37.1. The predicted octanol–water partition coefficient (Wildman–Crippen LogP) is 6.48. The maximum absolute atomic E-state index is 16.0. The number of nitrogens with zero attached hydrogens (tertiary/aromatic N) is 4. The molecule has 0 amide bonds. The molecule has 16 heteroatoms. The van der Waals surface area contributed by atoms with E-state index < -0.39 is 50.2 Å². The van der Waals surface area contributed by atoms with Crippen molar-refractivity contribution in [2.75, 3.05) is 37.9 Å². The lowest BCUT2D eigenvalue weighted by Gasteiger charge is -2.45. The Morgan fingerprint density at radius 1 is 1.08 bits per heavy atom. The van der Waals surface area contributed by atoms with Crippen LogP contribution in [0.2, 0.25) is 5.02 Å². The number of benzene rings is 3. The second-order valence-electron chi connectivity index (χ2n) is 12.2. The van der Waals surface area contributed by atoms with Gasteiger partial charge in [-0.15, -0.1) is 0 Å². The van der Waals surface area contributed by atoms with Crippen LogP contribution in [0.3, 0.4) is 0 Å². The van der Waals surface area contributed by atoms with Crippen molar-refractivity contribution in [1.29, 1.82) is 0 Å². The van der Waals surface area contributed by atoms with Crippen LogP contribution >= 0.6 is 11.6 Å². The predicted molar refractivity (Wildman–Crippen MR) is 180 cm³/mol. The van der Waals surface area contributed by atoms with Crippen LogP contribution in [-0.4, -0.2) is 68.8 Å². The van der Waals surface area contributed by atoms with Gasteiger partial charge in [-0.3, -0.25) is 0 Å². The summed E-state index contributed by atoms with van der Waals surface area (Å²) in [5.74, 6) is -0.299. The van der Waals surface area contributed by atoms with E-state index in [1.807, 2.05) is 4.90 Å². The second-order valence-corrected chi connectivity index (χ2v) is 14.4. The molecule has 0 unspecified atom stereocenters. The molecule has 268 valence electrons. The quantitative estimate of drug-likeness (QED) is 0.167. The van der Waals surface area contributed by atoms with Crippen LogP contribution in [0.1, 0.15) is 36.0 Å². The average Bonchev–Trinajstić information content (AvgIpc) is 3.09. The standard InChI is InChI=1S/C34H36ClF4N5O5S/c1-43(2)29-18-33(45,22-6-5-7-23(14-22)34(37,38)39)12-10-27(29)42-28-17-26(36)31(16-25(28)35)50(46,47)44(32-11-13-40-20-41-32)19-21-8-9-24(48-3)15-30(21)49-4/h5-9,11,13-17,20,27,29,42,45H,10,12,18-19H2,1-4H3/t27-,29-,33-/m1/s1. The molecule has 3 atom stereocenters. The molecular formula is C34H36ClF4N5O5S. The Kier molecular flexibility index (Phi) is 10.8. The van der Waals surface area contributed by atoms with E-state index in [-0.39, 0.29) is 47.9 Å². The SMILES string of the molecule is COc1ccc(CN(c2ccncn2)S(=O)(=O)c2cc(Cl)c(N[C@@H]3CC[C@](O)(c4cccc(C(F)(F)F)c4)C[C@H]3N(C)C)cc2F)c(OC)c1. The van der Waals surface area contributed by atoms with Gasteiger partial charge < -0.3 is 24.8 Å². The number of anilines is 2. The van der Waals surface area contributed by atoms with E-state index in [9.17, 15) is 26.7 Å². The number of aromatic nitrogens is 2. The summed E-state index contributed by atoms with van der Waals surface area (Å²) >= 11 is 6.62. The van der Waals surface area contributed by atoms with Crippen molar-refractivity contribution in [2.24, 2.45) is 0 Å². The zero-order valence-corrected chi connectivity index (χ0v) is 29.2. The smallest absolute Gasteiger partial charge is 0.416 e. The molecule has 1 heterocycles. The van der Waals surface area contributed by atoms with Crippen molar-refractivity contribution in [2.45, 2.75) is 54.6 Å². The normalized spacial score (nSPS) is 19.7. The molecule has 1 aliphatic rings. The first-order valence-corrected chi connectivity index (χ1v) is 17.2. The van der Waals surface area contributed by atoms with E-state index >= 15 is 4.39 Å². The Hall–Kier alpha value is -4.18. The van der Waals surface area contributed by atoms with E-state index in [1.54, 1.807) is 32.3 Å². The van der Waals surface area contributed by atoms with Crippen LogP contribution in [-0.2, 0) is 28.3 Å². The van der Waals surface area contributed by atoms with Crippen LogP contribution < -0.4 is 19.1 Å². The summed E-state index contributed by atoms with van der Waals surface area (Å²) in [5.41, 5.74) is -1.72. The number of nitrogens with one attached hydrogen (secondary N) is 1. The van der Waals surface area contributed by atoms with Gasteiger partial charge in [0.2, 0.25) is 0 Å². The highest BCUT2D eigenvalue weighted by Gasteiger charge is 2.43. The third-order valence-electron chi connectivity index (χ3n) is 8.83. The molecular weight excluding hydrogens is 702 g/mol. The lowest BCUT2D eigenvalue weighted by Crippen LogP contribution is -2.52. The van der Waals surface area contributed by atoms with Crippen molar-refractivity contribution in [3.8, 4) is 11.5 Å². The summed E-state index contributed by atoms with van der Waals surface area (Å²) in [6, 6.07) is 12.0. The molecule has 1 aromatic heterocycles. The molecule has 3 aromatic carbocycles. The molecule has 50 heavy (non-hydrogen) atoms. The summed E-state index contributed by atoms with van der Waals surface area (Å²) in [6.07, 6.45) is -1.61. The highest BCUT2D eigenvalue weighted by molar-refractivity contribution is 7.92. The minimum atomic E-state index is -4.63. The molecule has 5 rings (SSSR count). The van der Waals surface area contributed by atoms with E-state index in [2.05, 4.69) is 15.3 Å². The minimum Gasteiger partial charge on any atom is -0.497 e. The van der Waals surface area contributed by atoms with Crippen molar-refractivity contribution in [1.82, 2.24) is 14.9 Å². The number of aliphatic hydroxyl groups is 1. The van der Waals surface area contributed by atoms with Crippen molar-refractivity contribution < 1.29 is 40.6 Å². The zero-order valence-electron chi connectivity index (χ0n) is 27.6. The van der Waals surface area contributed by atoms with Crippen molar-refractivity contribution >= 4 is 33.1 Å². The Labute approximate surface area is 292 Å². The molecule has 0 spiro atoms. The Morgan fingerprint density at radius 3 is 2.48 bits per heavy atom. The Balaban J connectivity index is 1.44. The highest BCUT2D eigenvalue weighted by Crippen LogP contribution is 2.42. The fourth-order valence-electron chi connectivity index (χ4n) is 6.15. The van der Waals surface area contributed by atoms with Crippen molar-refractivity contribution in [3.05, 3.63) is 101 Å². The number of likely N-dealkylation sites (N-methyl/N-ethyl adjacent to an activating group) is 1. The van der Waals surface area contributed by atoms with Crippen molar-refractivity contribution in [3.63, 3.8) is 0 Å². The van der Waals surface area contributed by atoms with Gasteiger partial charge in [0.05, 0.1) is 42.6 Å². The summed E-state index contributed by atoms with van der Waals surface area (Å²) in [6.45, 7) is -0.287. The molecule has 2 N–H and O–H groups in total. The van der Waals surface area contributed by atoms with Crippen LogP contribution in [0, 0.1) is 5.82 Å². The Morgan fingerprint density at radius 2 is 1.84 bits per heavy atom. The number of methoxy groups -OCH3 is 2. The van der Waals surface area contributed by atoms with Gasteiger partial charge in [0, 0.05) is 36.0 Å². The van der Waals surface area contributed by atoms with Gasteiger partial charge in [-0.2, -0.15) is 13.2 Å². The monoisotopic (exact) mass is 737 g/mol. The first-order chi connectivity index (χ1) is 23.6. The molecule has 1 aliphatic carbocycles. The number of hydrogen-bond acceptors (Lipinski definition) is 9. The second kappa shape index (κ2) is 14.6. The third kappa shape index (κ3) is 7.75. The summed E-state index contributed by atoms with van der Waals surface area (Å²) in [5, 5.41) is 14.7. The lowest BCUT2D eigenvalue weighted by atomic mass is 9.74. The number of hydrogen-bond donors (Lipinski definition) is 2. The topological polar surface area (TPSA) is 117 Å². The molecule has 0 radical (unpaired) electrons. The summed E-state index contributed by atoms with van der Waals surface area (Å²) in [4.78, 5) is 9.07. The van der Waals surface area contributed by atoms with Gasteiger partial charge in [0.25, 0.3) is 10.0 Å². The molecule has 4 aromatic rings. The van der Waals surface area contributed by atoms with Gasteiger partial charge in [0.1, 0.15) is 34.4 Å². The zero-order chi connectivity index (χ0) is 36.4. The first-order valence-electron chi connectivity index (χ1n) is 15.4. The maximum Gasteiger partial charge on any atom is 0.416 e. The fraction of sp³-hybridized carbons (Fsp3) is 0.353. The van der Waals surface area contributed by atoms with Gasteiger partial charge in [-0.25, -0.2) is 27.1 Å². The molecule has 0 bridgehead atoms. The number of sulfonamides is 1. The third-order valence-corrected chi connectivity index (χ3v) is 10.9. The molecule has 1 fully saturated rings. The van der Waals surface area contributed by atoms with E-state index in [1.165, 1.54) is 44.9 Å². The summed E-state index contributed by atoms with van der Waals surface area (Å²) in [7, 11) is 1.79. The molecule has 0 aliphatic heterocycles. The number of rotatable bonds is 11. The van der Waals surface area contributed by atoms with E-state index in [4.69, 9.17) is 21.1 Å². The van der Waals surface area contributed by atoms with Gasteiger partial charge >= 0.3 is 6.18 Å². The summed E-state index contributed by atoms with van der Waals surface area (Å²) < 4.78 is 96.1. The molecule has 1 saturated carbocycles. The highest BCUT2D eigenvalue weighted by atomic mass is 35.5. The van der Waals surface area contributed by atoms with E-state index in [0.717, 1.165) is 28.6 Å². The molecule has 10 nitrogen and oxygen atoms in total. The maximum atomic E-state index is 16.0. The number of ether oxygens (including phenoxy) is 2. The molecule has 0 saturated heterocycles. The lowest BCUT2D eigenvalue weighted by molar-refractivity contribution is -0.137. The van der Waals surface area contributed by atoms with Crippen LogP contribution in [0.4, 0.5) is 29.1 Å². The average molecular weight is 738 g/mol. The number of alkyl halides is 3. The van der Waals surface area contributed by atoms with Gasteiger partial charge in [-0.1, -0.05) is 23.7 Å². The number of halogens is 5. The van der Waals surface area contributed by atoms with Crippen LogP contribution in [0.25, 0.3) is 0 Å². The Bertz CT molecular complexity index is 1940. The van der Waals surface area contributed by atoms with Gasteiger partial charge in [-0.05, 0) is 75.3 Å². The largest absolute Gasteiger partial charge is 0.497 e. The van der Waals surface area contributed by atoms with Crippen LogP contribution in [0.5, 0.6) is 11.5 Å². The van der Waals surface area contributed by atoms with E-state index in [0.29, 0.717) is 17.1 Å². The fourth-order valence-corrected chi connectivity index (χ4v) is 7.90.